The van der Waals surface area contributed by atoms with Crippen molar-refractivity contribution in [3.63, 3.8) is 0 Å². The number of imidazole rings is 1. The molecule has 0 aromatic carbocycles. The molecule has 16 heavy (non-hydrogen) atoms. The maximum absolute atomic E-state index is 4.14. The summed E-state index contributed by atoms with van der Waals surface area (Å²) in [5, 5.41) is 0. The Balaban J connectivity index is 2.28. The van der Waals surface area contributed by atoms with Gasteiger partial charge in [-0.3, -0.25) is 0 Å². The molecule has 0 aromatic heterocycles. The molecule has 2 aliphatic heterocycles. The highest BCUT2D eigenvalue weighted by molar-refractivity contribution is 5.74. The van der Waals surface area contributed by atoms with Crippen molar-refractivity contribution >= 4 is 12.0 Å². The fourth-order valence-electron chi connectivity index (χ4n) is 1.09. The van der Waals surface area contributed by atoms with Crippen LogP contribution in [0.1, 0.15) is 0 Å². The Bertz CT molecular complexity index is 518. The summed E-state index contributed by atoms with van der Waals surface area (Å²) in [5.74, 6) is 1.10. The highest BCUT2D eigenvalue weighted by Crippen LogP contribution is 2.15. The van der Waals surface area contributed by atoms with E-state index in [4.69, 9.17) is 0 Å². The first-order valence-corrected chi connectivity index (χ1v) is 4.64. The molecule has 0 aliphatic carbocycles. The van der Waals surface area contributed by atoms with E-state index in [9.17, 15) is 0 Å². The lowest BCUT2D eigenvalue weighted by Crippen LogP contribution is -1.74. The first kappa shape index (κ1) is 10.1. The molecular formula is C11H9N5. The number of fused-ring (bicyclic) bond motifs is 1. The molecule has 0 aromatic rings. The Morgan fingerprint density at radius 2 is 1.88 bits per heavy atom. The van der Waals surface area contributed by atoms with Crippen molar-refractivity contribution in [2.45, 2.75) is 0 Å². The largest absolute Gasteiger partial charge is 0.237 e. The molecule has 5 nitrogen and oxygen atoms in total. The van der Waals surface area contributed by atoms with Crippen LogP contribution in [0.3, 0.4) is 0 Å². The minimum Gasteiger partial charge on any atom is -0.237 e. The van der Waals surface area contributed by atoms with E-state index in [2.05, 4.69) is 31.5 Å². The van der Waals surface area contributed by atoms with Gasteiger partial charge in [-0.15, -0.1) is 0 Å². The monoisotopic (exact) mass is 211 g/mol. The van der Waals surface area contributed by atoms with Gasteiger partial charge < -0.3 is 0 Å². The van der Waals surface area contributed by atoms with Gasteiger partial charge in [-0.25, -0.2) is 24.9 Å². The Morgan fingerprint density at radius 3 is 2.69 bits per heavy atom. The summed E-state index contributed by atoms with van der Waals surface area (Å²) in [6, 6.07) is 1.73. The third-order valence-corrected chi connectivity index (χ3v) is 1.78. The topological polar surface area (TPSA) is 63.9 Å². The summed E-state index contributed by atoms with van der Waals surface area (Å²) in [4.78, 5) is 20.2. The quantitative estimate of drug-likeness (QED) is 0.573. The molecule has 0 N–H and O–H groups in total. The second-order valence-corrected chi connectivity index (χ2v) is 2.86. The van der Waals surface area contributed by atoms with Gasteiger partial charge in [-0.2, -0.15) is 0 Å². The first-order valence-electron chi connectivity index (χ1n) is 4.64. The minimum absolute atomic E-state index is 0.539. The number of nitrogens with zero attached hydrogens (tertiary/aromatic N) is 5. The fourth-order valence-corrected chi connectivity index (χ4v) is 1.09. The van der Waals surface area contributed by atoms with Crippen LogP contribution in [0.5, 0.6) is 0 Å². The van der Waals surface area contributed by atoms with Crippen molar-refractivity contribution in [1.82, 2.24) is 19.9 Å². The van der Waals surface area contributed by atoms with E-state index < -0.39 is 0 Å². The molecule has 0 amide bonds. The van der Waals surface area contributed by atoms with Gasteiger partial charge in [-0.05, 0) is 6.08 Å². The lowest BCUT2D eigenvalue weighted by atomic mass is 10.4. The van der Waals surface area contributed by atoms with Crippen molar-refractivity contribution in [2.75, 3.05) is 0 Å². The van der Waals surface area contributed by atoms with Crippen LogP contribution in [-0.4, -0.2) is 26.2 Å². The number of hydrogen-bond donors (Lipinski definition) is 0. The van der Waals surface area contributed by atoms with Gasteiger partial charge in [-0.1, -0.05) is 18.7 Å². The van der Waals surface area contributed by atoms with Gasteiger partial charge >= 0.3 is 0 Å². The maximum Gasteiger partial charge on any atom is 0.181 e. The van der Waals surface area contributed by atoms with E-state index in [0.717, 1.165) is 0 Å². The number of aliphatic imine (C=N–C) groups is 1. The van der Waals surface area contributed by atoms with Gasteiger partial charge in [0.2, 0.25) is 0 Å². The van der Waals surface area contributed by atoms with Crippen molar-refractivity contribution in [3.05, 3.63) is 43.5 Å². The predicted molar refractivity (Wildman–Crippen MR) is 61.7 cm³/mol. The van der Waals surface area contributed by atoms with Crippen LogP contribution in [0.25, 0.3) is 11.5 Å². The summed E-state index contributed by atoms with van der Waals surface area (Å²) in [6.45, 7) is 3.56. The Morgan fingerprint density at radius 1 is 1.06 bits per heavy atom. The lowest BCUT2D eigenvalue weighted by molar-refractivity contribution is 1.18. The average molecular weight is 211 g/mol. The van der Waals surface area contributed by atoms with Gasteiger partial charge in [0.1, 0.15) is 18.3 Å². The van der Waals surface area contributed by atoms with Crippen LogP contribution in [-0.2, 0) is 0 Å². The summed E-state index contributed by atoms with van der Waals surface area (Å²) in [5.41, 5.74) is 0.678. The molecule has 0 bridgehead atoms. The van der Waals surface area contributed by atoms with Gasteiger partial charge in [0, 0.05) is 12.3 Å². The minimum atomic E-state index is 0.539. The van der Waals surface area contributed by atoms with Gasteiger partial charge in [0.25, 0.3) is 0 Å². The van der Waals surface area contributed by atoms with Crippen molar-refractivity contribution in [3.8, 4) is 11.5 Å². The van der Waals surface area contributed by atoms with Crippen LogP contribution in [0.15, 0.2) is 48.5 Å². The Kier molecular flexibility index (Phi) is 3.08. The predicted octanol–water partition coefficient (Wildman–Crippen LogP) is 1.82. The Labute approximate surface area is 92.7 Å². The fraction of sp³-hybridized carbons (Fsp3) is 0. The number of rotatable bonds is 3. The first-order chi connectivity index (χ1) is 7.90. The molecule has 2 rings (SSSR count). The molecule has 5 heteroatoms. The standard InChI is InChI=1S/C11H9N5/c1-2-3-4-5-12-10-6-9-11(15-7-13-9)16-8-14-10/h2-8H,1H2/b4-3+,12-5?. The van der Waals surface area contributed by atoms with E-state index >= 15 is 0 Å². The van der Waals surface area contributed by atoms with E-state index in [-0.39, 0.29) is 0 Å². The normalized spacial score (nSPS) is 11.5. The van der Waals surface area contributed by atoms with E-state index in [1.807, 2.05) is 0 Å². The highest BCUT2D eigenvalue weighted by atomic mass is 15.0. The zero-order chi connectivity index (χ0) is 11.2. The molecule has 0 atom stereocenters. The molecule has 0 saturated heterocycles. The Hall–Kier alpha value is -2.43. The molecule has 0 fully saturated rings. The van der Waals surface area contributed by atoms with Crippen molar-refractivity contribution < 1.29 is 0 Å². The summed E-state index contributed by atoms with van der Waals surface area (Å²) >= 11 is 0. The lowest BCUT2D eigenvalue weighted by Gasteiger charge is -1.84. The summed E-state index contributed by atoms with van der Waals surface area (Å²) in [7, 11) is 0. The molecule has 0 spiro atoms. The zero-order valence-corrected chi connectivity index (χ0v) is 8.48. The SMILES string of the molecule is C=C/C=C/C=Nc1cc2ncnc-2ncn1. The van der Waals surface area contributed by atoms with Crippen LogP contribution < -0.4 is 0 Å². The third-order valence-electron chi connectivity index (χ3n) is 1.78. The van der Waals surface area contributed by atoms with Crippen LogP contribution in [0.4, 0.5) is 5.82 Å². The van der Waals surface area contributed by atoms with E-state index in [1.165, 1.54) is 12.7 Å². The maximum atomic E-state index is 4.14. The van der Waals surface area contributed by atoms with Crippen molar-refractivity contribution in [1.29, 1.82) is 0 Å². The van der Waals surface area contributed by atoms with Crippen LogP contribution >= 0.6 is 0 Å². The van der Waals surface area contributed by atoms with Crippen LogP contribution in [0, 0.1) is 0 Å². The molecule has 0 radical (unpaired) electrons. The summed E-state index contributed by atoms with van der Waals surface area (Å²) in [6.07, 6.45) is 9.73. The second kappa shape index (κ2) is 4.88. The number of hydrogen-bond acceptors (Lipinski definition) is 5. The molecule has 2 aliphatic rings. The average Bonchev–Trinajstić information content (AvgIpc) is 2.63. The van der Waals surface area contributed by atoms with Crippen LogP contribution in [0.2, 0.25) is 0 Å². The molecule has 78 valence electrons. The van der Waals surface area contributed by atoms with Crippen molar-refractivity contribution in [2.24, 2.45) is 4.99 Å². The second-order valence-electron chi connectivity index (χ2n) is 2.86. The van der Waals surface area contributed by atoms with Gasteiger partial charge in [0.15, 0.2) is 11.6 Å². The molecule has 0 saturated carbocycles. The van der Waals surface area contributed by atoms with Gasteiger partial charge in [0.05, 0.1) is 0 Å². The third kappa shape index (κ3) is 2.33. The van der Waals surface area contributed by atoms with E-state index in [1.54, 1.807) is 30.5 Å². The molecule has 0 unspecified atom stereocenters. The van der Waals surface area contributed by atoms with E-state index in [0.29, 0.717) is 17.3 Å². The summed E-state index contributed by atoms with van der Waals surface area (Å²) < 4.78 is 0. The smallest absolute Gasteiger partial charge is 0.181 e. The molecular weight excluding hydrogens is 202 g/mol. The number of aromatic nitrogens is 4. The highest BCUT2D eigenvalue weighted by Gasteiger charge is 2.04. The molecule has 2 heterocycles. The number of allylic oxidation sites excluding steroid dienone is 3. The zero-order valence-electron chi connectivity index (χ0n) is 8.48.